The van der Waals surface area contributed by atoms with Gasteiger partial charge in [-0.05, 0) is 53.3 Å². The lowest BCUT2D eigenvalue weighted by Crippen LogP contribution is -2.31. The molecule has 1 amide bonds. The number of aromatic nitrogens is 2. The third-order valence-corrected chi connectivity index (χ3v) is 9.98. The van der Waals surface area contributed by atoms with E-state index in [0.717, 1.165) is 18.4 Å². The molecule has 0 aliphatic carbocycles. The molecule has 0 saturated heterocycles. The summed E-state index contributed by atoms with van der Waals surface area (Å²) in [5.74, 6) is -0.320. The summed E-state index contributed by atoms with van der Waals surface area (Å²) in [6.45, 7) is 2.60. The van der Waals surface area contributed by atoms with Crippen molar-refractivity contribution < 1.29 is 24.2 Å². The average molecular weight is 663 g/mol. The molecule has 3 heterocycles. The molecule has 0 bridgehead atoms. The number of hydrogen-bond acceptors (Lipinski definition) is 10. The van der Waals surface area contributed by atoms with Crippen molar-refractivity contribution >= 4 is 74.5 Å². The van der Waals surface area contributed by atoms with Gasteiger partial charge in [-0.15, -0.1) is 21.5 Å². The number of aliphatic hydroxyl groups excluding tert-OH is 1. The third kappa shape index (κ3) is 6.30. The van der Waals surface area contributed by atoms with E-state index >= 15 is 0 Å². The molecule has 1 atom stereocenters. The van der Waals surface area contributed by atoms with Gasteiger partial charge >= 0.3 is 0 Å². The Morgan fingerprint density at radius 2 is 1.98 bits per heavy atom. The molecule has 0 spiro atoms. The second-order valence-electron chi connectivity index (χ2n) is 9.13. The zero-order valence-corrected chi connectivity index (χ0v) is 26.5. The highest BCUT2D eigenvalue weighted by Gasteiger charge is 2.46. The molecule has 2 aromatic carbocycles. The highest BCUT2D eigenvalue weighted by molar-refractivity contribution is 8.00. The zero-order chi connectivity index (χ0) is 29.8. The summed E-state index contributed by atoms with van der Waals surface area (Å²) in [6, 6.07) is 12.9. The SMILES string of the molecule is CCCCOc1ccc(C2C(C(=O)c3cccs3)=C(O)C(=O)N2c2nnc(SCc3ccc(Cl)cc3Cl)s2)cc1OC. The van der Waals surface area contributed by atoms with Gasteiger partial charge in [0, 0.05) is 15.8 Å². The smallest absolute Gasteiger partial charge is 0.296 e. The first kappa shape index (κ1) is 30.4. The normalized spacial score (nSPS) is 15.0. The van der Waals surface area contributed by atoms with Crippen molar-refractivity contribution in [3.05, 3.63) is 91.3 Å². The third-order valence-electron chi connectivity index (χ3n) is 6.42. The standard InChI is InChI=1S/C29H25Cl2N3O5S3/c1-3-4-11-39-20-10-8-16(13-21(20)38-2)24-23(25(35)22-6-5-12-40-22)26(36)27(37)34(24)28-32-33-29(42-28)41-15-17-7-9-18(30)14-19(17)31/h5-10,12-14,24,36H,3-4,11,15H2,1-2H3. The number of carbonyl (C=O) groups is 2. The van der Waals surface area contributed by atoms with Crippen LogP contribution in [0.1, 0.15) is 46.6 Å². The van der Waals surface area contributed by atoms with Crippen LogP contribution in [-0.2, 0) is 10.5 Å². The minimum Gasteiger partial charge on any atom is -0.503 e. The number of halogens is 2. The predicted molar refractivity (Wildman–Crippen MR) is 168 cm³/mol. The monoisotopic (exact) mass is 661 g/mol. The van der Waals surface area contributed by atoms with E-state index in [1.807, 2.05) is 6.07 Å². The number of ketones is 1. The first-order valence-electron chi connectivity index (χ1n) is 12.9. The number of thiophene rings is 1. The van der Waals surface area contributed by atoms with Gasteiger partial charge in [0.15, 0.2) is 21.6 Å². The minimum atomic E-state index is -0.970. The van der Waals surface area contributed by atoms with E-state index in [-0.39, 0.29) is 10.7 Å². The maximum absolute atomic E-state index is 13.6. The number of nitrogens with zero attached hydrogens (tertiary/aromatic N) is 3. The second kappa shape index (κ2) is 13.5. The van der Waals surface area contributed by atoms with E-state index in [9.17, 15) is 14.7 Å². The van der Waals surface area contributed by atoms with Crippen LogP contribution in [0.25, 0.3) is 0 Å². The van der Waals surface area contributed by atoms with Gasteiger partial charge in [0.1, 0.15) is 0 Å². The summed E-state index contributed by atoms with van der Waals surface area (Å²) in [5, 5.41) is 22.7. The Kier molecular flexibility index (Phi) is 9.74. The summed E-state index contributed by atoms with van der Waals surface area (Å²) in [6.07, 6.45) is 1.86. The molecule has 218 valence electrons. The number of benzene rings is 2. The van der Waals surface area contributed by atoms with Crippen LogP contribution < -0.4 is 14.4 Å². The Labute approximate surface area is 264 Å². The molecule has 1 aliphatic heterocycles. The summed E-state index contributed by atoms with van der Waals surface area (Å²) in [7, 11) is 1.52. The molecule has 4 aromatic rings. The molecule has 1 unspecified atom stereocenters. The molecule has 42 heavy (non-hydrogen) atoms. The lowest BCUT2D eigenvalue weighted by atomic mass is 9.95. The molecule has 5 rings (SSSR count). The first-order valence-corrected chi connectivity index (χ1v) is 16.3. The van der Waals surface area contributed by atoms with Crippen LogP contribution in [0.3, 0.4) is 0 Å². The quantitative estimate of drug-likeness (QED) is 0.0702. The number of carbonyl (C=O) groups excluding carboxylic acids is 2. The van der Waals surface area contributed by atoms with Crippen LogP contribution >= 0.6 is 57.6 Å². The number of amides is 1. The van der Waals surface area contributed by atoms with Crippen LogP contribution in [0.2, 0.25) is 10.0 Å². The van der Waals surface area contributed by atoms with Crippen molar-refractivity contribution in [2.24, 2.45) is 0 Å². The van der Waals surface area contributed by atoms with E-state index in [0.29, 0.717) is 48.7 Å². The van der Waals surface area contributed by atoms with Crippen molar-refractivity contribution in [1.29, 1.82) is 0 Å². The first-order chi connectivity index (χ1) is 20.3. The van der Waals surface area contributed by atoms with Gasteiger partial charge in [-0.3, -0.25) is 14.5 Å². The maximum atomic E-state index is 13.6. The molecule has 0 saturated carbocycles. The Morgan fingerprint density at radius 3 is 2.69 bits per heavy atom. The van der Waals surface area contributed by atoms with Crippen LogP contribution in [0, 0.1) is 0 Å². The number of methoxy groups -OCH3 is 1. The highest BCUT2D eigenvalue weighted by Crippen LogP contribution is 2.46. The Bertz CT molecular complexity index is 1640. The molecule has 8 nitrogen and oxygen atoms in total. The lowest BCUT2D eigenvalue weighted by molar-refractivity contribution is -0.117. The number of ether oxygens (including phenoxy) is 2. The number of rotatable bonds is 12. The molecule has 1 N–H and O–H groups in total. The fourth-order valence-corrected chi connectivity index (χ4v) is 7.43. The van der Waals surface area contributed by atoms with Crippen molar-refractivity contribution in [3.63, 3.8) is 0 Å². The number of hydrogen-bond donors (Lipinski definition) is 1. The van der Waals surface area contributed by atoms with Crippen LogP contribution in [0.4, 0.5) is 5.13 Å². The largest absolute Gasteiger partial charge is 0.503 e. The maximum Gasteiger partial charge on any atom is 0.296 e. The van der Waals surface area contributed by atoms with Crippen molar-refractivity contribution in [2.75, 3.05) is 18.6 Å². The van der Waals surface area contributed by atoms with Crippen molar-refractivity contribution in [3.8, 4) is 11.5 Å². The summed E-state index contributed by atoms with van der Waals surface area (Å²) in [5.41, 5.74) is 1.38. The fraction of sp³-hybridized carbons (Fsp3) is 0.241. The Morgan fingerprint density at radius 1 is 1.14 bits per heavy atom. The molecule has 0 radical (unpaired) electrons. The van der Waals surface area contributed by atoms with Crippen LogP contribution in [0.15, 0.2) is 69.6 Å². The Hall–Kier alpha value is -3.09. The number of Topliss-reactive ketones (excluding diaryl/α,β-unsaturated/α-hetero) is 1. The van der Waals surface area contributed by atoms with Gasteiger partial charge < -0.3 is 14.6 Å². The van der Waals surface area contributed by atoms with Crippen LogP contribution in [-0.4, -0.2) is 40.7 Å². The number of thioether (sulfide) groups is 1. The predicted octanol–water partition coefficient (Wildman–Crippen LogP) is 8.17. The van der Waals surface area contributed by atoms with Crippen molar-refractivity contribution in [1.82, 2.24) is 10.2 Å². The number of aliphatic hydroxyl groups is 1. The fourth-order valence-electron chi connectivity index (χ4n) is 4.33. The van der Waals surface area contributed by atoms with Gasteiger partial charge in [-0.1, -0.05) is 77.8 Å². The number of anilines is 1. The molecular weight excluding hydrogens is 637 g/mol. The van der Waals surface area contributed by atoms with E-state index in [2.05, 4.69) is 17.1 Å². The topological polar surface area (TPSA) is 102 Å². The van der Waals surface area contributed by atoms with Gasteiger partial charge in [0.2, 0.25) is 10.9 Å². The summed E-state index contributed by atoms with van der Waals surface area (Å²) < 4.78 is 12.1. The van der Waals surface area contributed by atoms with E-state index < -0.39 is 23.5 Å². The molecule has 1 aliphatic rings. The van der Waals surface area contributed by atoms with E-state index in [4.69, 9.17) is 32.7 Å². The summed E-state index contributed by atoms with van der Waals surface area (Å²) in [4.78, 5) is 28.9. The molecule has 13 heteroatoms. The lowest BCUT2D eigenvalue weighted by Gasteiger charge is -2.24. The molecule has 2 aromatic heterocycles. The van der Waals surface area contributed by atoms with Gasteiger partial charge in [-0.2, -0.15) is 0 Å². The zero-order valence-electron chi connectivity index (χ0n) is 22.5. The average Bonchev–Trinajstić information content (AvgIpc) is 3.73. The van der Waals surface area contributed by atoms with Gasteiger partial charge in [0.25, 0.3) is 5.91 Å². The minimum absolute atomic E-state index is 0.0403. The van der Waals surface area contributed by atoms with Crippen molar-refractivity contribution in [2.45, 2.75) is 35.9 Å². The number of unbranched alkanes of at least 4 members (excludes halogenated alkanes) is 1. The molecule has 0 fully saturated rings. The van der Waals surface area contributed by atoms with Crippen LogP contribution in [0.5, 0.6) is 11.5 Å². The van der Waals surface area contributed by atoms with E-state index in [1.54, 1.807) is 47.8 Å². The Balaban J connectivity index is 1.50. The molecular formula is C29H25Cl2N3O5S3. The van der Waals surface area contributed by atoms with Gasteiger partial charge in [0.05, 0.1) is 30.2 Å². The second-order valence-corrected chi connectivity index (χ2v) is 13.1. The highest BCUT2D eigenvalue weighted by atomic mass is 35.5. The van der Waals surface area contributed by atoms with E-state index in [1.165, 1.54) is 46.4 Å². The summed E-state index contributed by atoms with van der Waals surface area (Å²) >= 11 is 16.1. The van der Waals surface area contributed by atoms with Gasteiger partial charge in [-0.25, -0.2) is 0 Å².